The zero-order valence-corrected chi connectivity index (χ0v) is 14.3. The highest BCUT2D eigenvalue weighted by atomic mass is 32.2. The normalized spacial score (nSPS) is 18.5. The maximum absolute atomic E-state index is 12.1. The molecule has 132 valence electrons. The van der Waals surface area contributed by atoms with Crippen LogP contribution in [0.2, 0.25) is 0 Å². The van der Waals surface area contributed by atoms with E-state index in [2.05, 4.69) is 5.32 Å². The molecular weight excluding hydrogens is 346 g/mol. The van der Waals surface area contributed by atoms with Crippen LogP contribution >= 0.6 is 0 Å². The molecule has 0 saturated heterocycles. The largest absolute Gasteiger partial charge is 0.508 e. The topological polar surface area (TPSA) is 114 Å². The number of fused-ring (bicyclic) bond motifs is 1. The van der Waals surface area contributed by atoms with E-state index in [1.165, 1.54) is 18.2 Å². The molecule has 3 rings (SSSR count). The molecule has 0 fully saturated rings. The van der Waals surface area contributed by atoms with Crippen molar-refractivity contribution < 1.29 is 22.7 Å². The van der Waals surface area contributed by atoms with Crippen LogP contribution in [-0.4, -0.2) is 31.2 Å². The van der Waals surface area contributed by atoms with Crippen LogP contribution in [0.5, 0.6) is 5.75 Å². The molecule has 1 atom stereocenters. The number of benzene rings is 1. The molecule has 1 aromatic carbocycles. The number of carbonyl (C=O) groups is 1. The summed E-state index contributed by atoms with van der Waals surface area (Å²) in [6.45, 7) is 1.76. The third-order valence-electron chi connectivity index (χ3n) is 4.15. The smallest absolute Gasteiger partial charge is 0.339 e. The van der Waals surface area contributed by atoms with Crippen LogP contribution in [0.3, 0.4) is 0 Å². The molecule has 0 radical (unpaired) electrons. The van der Waals surface area contributed by atoms with Crippen LogP contribution < -0.4 is 10.9 Å². The van der Waals surface area contributed by atoms with E-state index >= 15 is 0 Å². The van der Waals surface area contributed by atoms with E-state index in [9.17, 15) is 23.1 Å². The summed E-state index contributed by atoms with van der Waals surface area (Å²) in [5, 5.41) is 13.9. The van der Waals surface area contributed by atoms with Crippen molar-refractivity contribution in [1.82, 2.24) is 5.32 Å². The number of aryl methyl sites for hydroxylation is 1. The fraction of sp³-hybridized carbons (Fsp3) is 0.294. The van der Waals surface area contributed by atoms with Crippen LogP contribution in [0.25, 0.3) is 11.0 Å². The van der Waals surface area contributed by atoms with Gasteiger partial charge in [-0.25, -0.2) is 13.2 Å². The van der Waals surface area contributed by atoms with Gasteiger partial charge in [-0.1, -0.05) is 0 Å². The molecule has 2 N–H and O–H groups in total. The van der Waals surface area contributed by atoms with Gasteiger partial charge in [0.15, 0.2) is 9.84 Å². The van der Waals surface area contributed by atoms with E-state index in [1.807, 2.05) is 0 Å². The van der Waals surface area contributed by atoms with Crippen molar-refractivity contribution in [3.63, 3.8) is 0 Å². The molecule has 0 spiro atoms. The summed E-state index contributed by atoms with van der Waals surface area (Å²) >= 11 is 0. The van der Waals surface area contributed by atoms with Gasteiger partial charge in [-0.05, 0) is 37.1 Å². The number of aromatic hydroxyl groups is 1. The van der Waals surface area contributed by atoms with Gasteiger partial charge < -0.3 is 14.8 Å². The highest BCUT2D eigenvalue weighted by molar-refractivity contribution is 7.94. The van der Waals surface area contributed by atoms with Gasteiger partial charge in [0.05, 0.1) is 11.8 Å². The van der Waals surface area contributed by atoms with E-state index in [-0.39, 0.29) is 35.8 Å². The molecule has 2 heterocycles. The first-order valence-electron chi connectivity index (χ1n) is 7.71. The van der Waals surface area contributed by atoms with Crippen molar-refractivity contribution in [3.8, 4) is 5.75 Å². The summed E-state index contributed by atoms with van der Waals surface area (Å²) < 4.78 is 27.9. The van der Waals surface area contributed by atoms with Gasteiger partial charge in [-0.3, -0.25) is 4.79 Å². The summed E-state index contributed by atoms with van der Waals surface area (Å²) in [5.74, 6) is -0.475. The van der Waals surface area contributed by atoms with Crippen LogP contribution in [0.1, 0.15) is 17.5 Å². The van der Waals surface area contributed by atoms with Crippen molar-refractivity contribution >= 4 is 26.7 Å². The van der Waals surface area contributed by atoms with E-state index in [4.69, 9.17) is 4.42 Å². The van der Waals surface area contributed by atoms with Gasteiger partial charge in [0.2, 0.25) is 5.91 Å². The van der Waals surface area contributed by atoms with Crippen molar-refractivity contribution in [2.24, 2.45) is 0 Å². The Morgan fingerprint density at radius 1 is 1.40 bits per heavy atom. The zero-order valence-electron chi connectivity index (χ0n) is 13.5. The Morgan fingerprint density at radius 3 is 2.84 bits per heavy atom. The maximum atomic E-state index is 12.1. The maximum Gasteiger partial charge on any atom is 0.339 e. The van der Waals surface area contributed by atoms with Crippen molar-refractivity contribution in [1.29, 1.82) is 0 Å². The summed E-state index contributed by atoms with van der Waals surface area (Å²) in [4.78, 5) is 24.1. The number of sulfone groups is 1. The predicted molar refractivity (Wildman–Crippen MR) is 92.1 cm³/mol. The molecule has 1 aliphatic rings. The molecule has 8 heteroatoms. The molecule has 1 unspecified atom stereocenters. The molecule has 0 bridgehead atoms. The predicted octanol–water partition coefficient (Wildman–Crippen LogP) is 1.17. The van der Waals surface area contributed by atoms with Gasteiger partial charge in [0.1, 0.15) is 11.3 Å². The SMILES string of the molecule is Cc1c(CCC(=O)NC2C=CS(=O)(=O)C2)c(=O)oc2cc(O)ccc12. The minimum Gasteiger partial charge on any atom is -0.508 e. The Labute approximate surface area is 143 Å². The van der Waals surface area contributed by atoms with Crippen molar-refractivity contribution in [2.75, 3.05) is 5.75 Å². The fourth-order valence-corrected chi connectivity index (χ4v) is 4.09. The number of hydrogen-bond donors (Lipinski definition) is 2. The van der Waals surface area contributed by atoms with Crippen LogP contribution in [0.15, 0.2) is 38.9 Å². The third-order valence-corrected chi connectivity index (χ3v) is 5.54. The van der Waals surface area contributed by atoms with Crippen LogP contribution in [0, 0.1) is 6.92 Å². The van der Waals surface area contributed by atoms with Crippen LogP contribution in [0.4, 0.5) is 0 Å². The molecule has 1 amide bonds. The van der Waals surface area contributed by atoms with Gasteiger partial charge in [0.25, 0.3) is 0 Å². The Morgan fingerprint density at radius 2 is 2.16 bits per heavy atom. The standard InChI is InChI=1S/C17H17NO6S/c1-10-13-3-2-12(19)8-15(13)24-17(21)14(10)4-5-16(20)18-11-6-7-25(22,23)9-11/h2-3,6-8,11,19H,4-5,9H2,1H3,(H,18,20). The molecule has 0 aliphatic carbocycles. The number of rotatable bonds is 4. The zero-order chi connectivity index (χ0) is 18.2. The molecule has 7 nitrogen and oxygen atoms in total. The highest BCUT2D eigenvalue weighted by Gasteiger charge is 2.23. The van der Waals surface area contributed by atoms with E-state index in [0.29, 0.717) is 16.5 Å². The van der Waals surface area contributed by atoms with Gasteiger partial charge in [-0.2, -0.15) is 0 Å². The molecule has 1 aliphatic heterocycles. The first kappa shape index (κ1) is 17.2. The van der Waals surface area contributed by atoms with E-state index < -0.39 is 21.5 Å². The summed E-state index contributed by atoms with van der Waals surface area (Å²) in [7, 11) is -3.23. The van der Waals surface area contributed by atoms with E-state index in [0.717, 1.165) is 5.41 Å². The molecule has 1 aromatic heterocycles. The number of phenolic OH excluding ortho intramolecular Hbond substituents is 1. The van der Waals surface area contributed by atoms with Crippen molar-refractivity contribution in [3.05, 3.63) is 51.2 Å². The number of carbonyl (C=O) groups excluding carboxylic acids is 1. The first-order chi connectivity index (χ1) is 11.7. The summed E-state index contributed by atoms with van der Waals surface area (Å²) in [5.41, 5.74) is 0.828. The highest BCUT2D eigenvalue weighted by Crippen LogP contribution is 2.23. The Bertz CT molecular complexity index is 1040. The lowest BCUT2D eigenvalue weighted by molar-refractivity contribution is -0.121. The molecule has 25 heavy (non-hydrogen) atoms. The number of nitrogens with one attached hydrogen (secondary N) is 1. The molecule has 0 saturated carbocycles. The molecular formula is C17H17NO6S. The third kappa shape index (κ3) is 3.74. The second kappa shape index (κ2) is 6.36. The van der Waals surface area contributed by atoms with Crippen molar-refractivity contribution in [2.45, 2.75) is 25.8 Å². The lowest BCUT2D eigenvalue weighted by Crippen LogP contribution is -2.35. The Hall–Kier alpha value is -2.61. The Kier molecular flexibility index (Phi) is 4.38. The first-order valence-corrected chi connectivity index (χ1v) is 9.42. The second-order valence-corrected chi connectivity index (χ2v) is 7.94. The van der Waals surface area contributed by atoms with Crippen LogP contribution in [-0.2, 0) is 21.1 Å². The fourth-order valence-electron chi connectivity index (χ4n) is 2.86. The lowest BCUT2D eigenvalue weighted by Gasteiger charge is -2.11. The minimum atomic E-state index is -3.23. The quantitative estimate of drug-likeness (QED) is 0.788. The average Bonchev–Trinajstić information content (AvgIpc) is 2.85. The monoisotopic (exact) mass is 363 g/mol. The van der Waals surface area contributed by atoms with Gasteiger partial charge in [-0.15, -0.1) is 0 Å². The summed E-state index contributed by atoms with van der Waals surface area (Å²) in [6, 6.07) is 3.99. The lowest BCUT2D eigenvalue weighted by atomic mass is 10.0. The van der Waals surface area contributed by atoms with E-state index in [1.54, 1.807) is 13.0 Å². The van der Waals surface area contributed by atoms with Gasteiger partial charge >= 0.3 is 5.63 Å². The summed E-state index contributed by atoms with van der Waals surface area (Å²) in [6.07, 6.45) is 1.66. The number of amides is 1. The number of hydrogen-bond acceptors (Lipinski definition) is 6. The van der Waals surface area contributed by atoms with Gasteiger partial charge in [0, 0.05) is 28.8 Å². The molecule has 2 aromatic rings. The second-order valence-electron chi connectivity index (χ2n) is 6.01. The Balaban J connectivity index is 1.73. The number of phenols is 1. The average molecular weight is 363 g/mol. The minimum absolute atomic E-state index is 0.00162.